The van der Waals surface area contributed by atoms with Gasteiger partial charge in [0, 0.05) is 17.9 Å². The number of Topliss-reactive ketones (excluding diaryl/α,β-unsaturated/α-hetero) is 2. The van der Waals surface area contributed by atoms with Crippen LogP contribution in [0.2, 0.25) is 0 Å². The van der Waals surface area contributed by atoms with Gasteiger partial charge in [0.05, 0.1) is 11.5 Å². The number of aryl methyl sites for hydroxylation is 1. The molecule has 7 atom stereocenters. The van der Waals surface area contributed by atoms with E-state index in [1.807, 2.05) is 0 Å². The molecule has 2 fully saturated rings. The van der Waals surface area contributed by atoms with Gasteiger partial charge in [0.15, 0.2) is 11.4 Å². The predicted octanol–water partition coefficient (Wildman–Crippen LogP) is 0.0982. The smallest absolute Gasteiger partial charge is 0.345 e. The van der Waals surface area contributed by atoms with E-state index in [4.69, 9.17) is 9.15 Å². The molecule has 2 heterocycles. The van der Waals surface area contributed by atoms with Crippen LogP contribution in [0.5, 0.6) is 5.75 Å². The van der Waals surface area contributed by atoms with Gasteiger partial charge in [-0.1, -0.05) is 6.92 Å². The second-order valence-corrected chi connectivity index (χ2v) is 10.0. The van der Waals surface area contributed by atoms with Gasteiger partial charge < -0.3 is 29.6 Å². The first-order valence-corrected chi connectivity index (χ1v) is 10.3. The quantitative estimate of drug-likeness (QED) is 0.414. The third-order valence-electron chi connectivity index (χ3n) is 8.13. The number of aliphatic hydroxyl groups is 4. The Morgan fingerprint density at radius 1 is 1.03 bits per heavy atom. The van der Waals surface area contributed by atoms with Crippen LogP contribution in [0.4, 0.5) is 0 Å². The second-order valence-electron chi connectivity index (χ2n) is 10.0. The Bertz CT molecular complexity index is 1070. The van der Waals surface area contributed by atoms with Crippen LogP contribution in [0.25, 0.3) is 0 Å². The summed E-state index contributed by atoms with van der Waals surface area (Å²) in [6.07, 6.45) is -4.14. The summed E-state index contributed by atoms with van der Waals surface area (Å²) in [5.41, 5.74) is -9.05. The first-order valence-electron chi connectivity index (χ1n) is 10.3. The highest BCUT2D eigenvalue weighted by Gasteiger charge is 2.79. The summed E-state index contributed by atoms with van der Waals surface area (Å²) >= 11 is 0. The van der Waals surface area contributed by atoms with Gasteiger partial charge in [-0.2, -0.15) is 0 Å². The van der Waals surface area contributed by atoms with Crippen molar-refractivity contribution in [2.75, 3.05) is 0 Å². The zero-order chi connectivity index (χ0) is 23.5. The number of carbonyl (C=O) groups excluding carboxylic acids is 2. The van der Waals surface area contributed by atoms with Gasteiger partial charge in [-0.15, -0.1) is 0 Å². The highest BCUT2D eigenvalue weighted by Crippen LogP contribution is 2.61. The molecule has 0 unspecified atom stereocenters. The van der Waals surface area contributed by atoms with Crippen molar-refractivity contribution >= 4 is 11.6 Å². The van der Waals surface area contributed by atoms with E-state index in [2.05, 4.69) is 0 Å². The van der Waals surface area contributed by atoms with Crippen LogP contribution in [0.1, 0.15) is 57.1 Å². The lowest BCUT2D eigenvalue weighted by atomic mass is 9.45. The summed E-state index contributed by atoms with van der Waals surface area (Å²) in [5, 5.41) is 45.7. The number of hydrogen-bond acceptors (Lipinski definition) is 9. The largest absolute Gasteiger partial charge is 0.483 e. The maximum atomic E-state index is 13.3. The van der Waals surface area contributed by atoms with E-state index in [0.29, 0.717) is 5.56 Å². The Morgan fingerprint density at radius 3 is 2.19 bits per heavy atom. The minimum Gasteiger partial charge on any atom is -0.483 e. The number of carbonyl (C=O) groups is 2. The highest BCUT2D eigenvalue weighted by molar-refractivity contribution is 6.13. The Kier molecular flexibility index (Phi) is 4.31. The number of aliphatic hydroxyl groups excluding tert-OH is 2. The van der Waals surface area contributed by atoms with E-state index < -0.39 is 69.9 Å². The first kappa shape index (κ1) is 22.1. The third kappa shape index (κ3) is 2.27. The lowest BCUT2D eigenvalue weighted by Crippen LogP contribution is -2.85. The van der Waals surface area contributed by atoms with Gasteiger partial charge in [0.25, 0.3) is 0 Å². The molecule has 1 aromatic rings. The monoisotopic (exact) mass is 436 g/mol. The van der Waals surface area contributed by atoms with Gasteiger partial charge in [0.1, 0.15) is 40.2 Å². The molecule has 0 amide bonds. The molecule has 2 aliphatic carbocycles. The first-order chi connectivity index (χ1) is 14.1. The molecule has 1 aromatic heterocycles. The molecule has 1 aliphatic heterocycles. The van der Waals surface area contributed by atoms with Crippen molar-refractivity contribution in [1.29, 1.82) is 0 Å². The fourth-order valence-electron chi connectivity index (χ4n) is 5.88. The van der Waals surface area contributed by atoms with Gasteiger partial charge in [-0.25, -0.2) is 4.79 Å². The van der Waals surface area contributed by atoms with Crippen molar-refractivity contribution in [2.45, 2.75) is 77.0 Å². The van der Waals surface area contributed by atoms with Crippen LogP contribution >= 0.6 is 0 Å². The predicted molar refractivity (Wildman–Crippen MR) is 105 cm³/mol. The molecule has 9 nitrogen and oxygen atoms in total. The van der Waals surface area contributed by atoms with E-state index in [0.717, 1.165) is 0 Å². The summed E-state index contributed by atoms with van der Waals surface area (Å²) in [6.45, 7) is 8.72. The molecule has 0 spiro atoms. The molecule has 0 saturated heterocycles. The molecule has 9 heteroatoms. The Hall–Kier alpha value is -2.07. The summed E-state index contributed by atoms with van der Waals surface area (Å²) in [7, 11) is 0. The molecule has 2 saturated carbocycles. The minimum atomic E-state index is -2.73. The van der Waals surface area contributed by atoms with Crippen LogP contribution in [0.15, 0.2) is 9.21 Å². The Morgan fingerprint density at radius 2 is 1.61 bits per heavy atom. The molecule has 0 bridgehead atoms. The standard InChI is InChI=1S/C22H28O9/c1-8-10(3)30-16(25)12-14(24)13-9(2)21(28)7-11(23)19(4,5)17(26)22(21,29)18(27)20(13,6)31-15(8)12/h9,13-14,18,24,27-29H,7H2,1-6H3/t9-,13+,14-,18+,20+,21-,22-/m1/s1. The van der Waals surface area contributed by atoms with Crippen molar-refractivity contribution in [3.8, 4) is 5.75 Å². The molecule has 0 aromatic carbocycles. The number of ketones is 2. The van der Waals surface area contributed by atoms with E-state index in [9.17, 15) is 34.8 Å². The maximum absolute atomic E-state index is 13.3. The Balaban J connectivity index is 2.00. The zero-order valence-electron chi connectivity index (χ0n) is 18.3. The van der Waals surface area contributed by atoms with Crippen molar-refractivity contribution in [3.05, 3.63) is 27.3 Å². The van der Waals surface area contributed by atoms with Crippen LogP contribution in [-0.4, -0.2) is 54.9 Å². The fourth-order valence-corrected chi connectivity index (χ4v) is 5.88. The number of ether oxygens (including phenoxy) is 1. The topological polar surface area (TPSA) is 154 Å². The summed E-state index contributed by atoms with van der Waals surface area (Å²) in [6, 6.07) is 0. The zero-order valence-corrected chi connectivity index (χ0v) is 18.3. The van der Waals surface area contributed by atoms with Crippen LogP contribution in [0.3, 0.4) is 0 Å². The molecule has 31 heavy (non-hydrogen) atoms. The van der Waals surface area contributed by atoms with Crippen LogP contribution in [-0.2, 0) is 9.59 Å². The van der Waals surface area contributed by atoms with Crippen molar-refractivity contribution in [3.63, 3.8) is 0 Å². The van der Waals surface area contributed by atoms with Crippen molar-refractivity contribution < 1.29 is 39.2 Å². The number of hydrogen-bond donors (Lipinski definition) is 4. The van der Waals surface area contributed by atoms with E-state index in [-0.39, 0.29) is 17.1 Å². The maximum Gasteiger partial charge on any atom is 0.345 e. The van der Waals surface area contributed by atoms with Gasteiger partial charge >= 0.3 is 5.63 Å². The molecule has 4 N–H and O–H groups in total. The lowest BCUT2D eigenvalue weighted by molar-refractivity contribution is -0.315. The van der Waals surface area contributed by atoms with Crippen LogP contribution in [0, 0.1) is 31.1 Å². The molecular weight excluding hydrogens is 408 g/mol. The lowest BCUT2D eigenvalue weighted by Gasteiger charge is -2.65. The Labute approximate surface area is 178 Å². The van der Waals surface area contributed by atoms with Gasteiger partial charge in [-0.05, 0) is 40.5 Å². The number of rotatable bonds is 0. The summed E-state index contributed by atoms with van der Waals surface area (Å²) in [5.74, 6) is -3.58. The normalized spacial score (nSPS) is 43.5. The van der Waals surface area contributed by atoms with E-state index >= 15 is 0 Å². The molecule has 0 radical (unpaired) electrons. The number of fused-ring (bicyclic) bond motifs is 3. The average molecular weight is 436 g/mol. The fraction of sp³-hybridized carbons (Fsp3) is 0.682. The van der Waals surface area contributed by atoms with Gasteiger partial charge in [0.2, 0.25) is 0 Å². The van der Waals surface area contributed by atoms with Crippen molar-refractivity contribution in [2.24, 2.45) is 17.3 Å². The summed E-state index contributed by atoms with van der Waals surface area (Å²) < 4.78 is 11.3. The van der Waals surface area contributed by atoms with E-state index in [1.165, 1.54) is 27.7 Å². The van der Waals surface area contributed by atoms with E-state index in [1.54, 1.807) is 13.8 Å². The SMILES string of the molecule is Cc1oc(=O)c2c(c1C)O[C@@]1(C)[C@H]([C@@H]2O)[C@@H](C)[C@]2(O)CC(=O)C(C)(C)C(=O)[C@@]2(O)[C@H]1O. The molecular formula is C22H28O9. The van der Waals surface area contributed by atoms with Gasteiger partial charge in [-0.3, -0.25) is 9.59 Å². The van der Waals surface area contributed by atoms with Crippen molar-refractivity contribution in [1.82, 2.24) is 0 Å². The molecule has 170 valence electrons. The molecule has 3 aliphatic rings. The van der Waals surface area contributed by atoms with Crippen LogP contribution < -0.4 is 10.4 Å². The molecule has 4 rings (SSSR count). The highest BCUT2D eigenvalue weighted by atomic mass is 16.5. The third-order valence-corrected chi connectivity index (χ3v) is 8.13. The minimum absolute atomic E-state index is 0.0129. The summed E-state index contributed by atoms with van der Waals surface area (Å²) in [4.78, 5) is 38.6. The average Bonchev–Trinajstić information content (AvgIpc) is 2.67. The second kappa shape index (κ2) is 6.04.